The van der Waals surface area contributed by atoms with E-state index in [2.05, 4.69) is 5.32 Å². The van der Waals surface area contributed by atoms with Gasteiger partial charge >= 0.3 is 6.09 Å². The SMILES string of the molecule is C[C@@H](O)c1ccc(NC(=O)OC(C)(C)C)cc1. The van der Waals surface area contributed by atoms with Gasteiger partial charge in [0.1, 0.15) is 5.60 Å². The number of aliphatic hydroxyl groups is 1. The average Bonchev–Trinajstić information content (AvgIpc) is 2.15. The van der Waals surface area contributed by atoms with Crippen LogP contribution < -0.4 is 5.32 Å². The first-order valence-electron chi connectivity index (χ1n) is 5.56. The minimum Gasteiger partial charge on any atom is -0.444 e. The van der Waals surface area contributed by atoms with Crippen molar-refractivity contribution in [3.8, 4) is 0 Å². The van der Waals surface area contributed by atoms with E-state index < -0.39 is 17.8 Å². The Hall–Kier alpha value is -1.55. The second-order valence-corrected chi connectivity index (χ2v) is 4.92. The Labute approximate surface area is 102 Å². The van der Waals surface area contributed by atoms with E-state index in [1.165, 1.54) is 0 Å². The van der Waals surface area contributed by atoms with E-state index in [0.717, 1.165) is 5.56 Å². The van der Waals surface area contributed by atoms with E-state index in [-0.39, 0.29) is 0 Å². The van der Waals surface area contributed by atoms with Crippen molar-refractivity contribution in [2.24, 2.45) is 0 Å². The standard InChI is InChI=1S/C13H19NO3/c1-9(15)10-5-7-11(8-6-10)14-12(16)17-13(2,3)4/h5-9,15H,1-4H3,(H,14,16)/t9-/m1/s1. The van der Waals surface area contributed by atoms with Gasteiger partial charge in [-0.05, 0) is 45.4 Å². The van der Waals surface area contributed by atoms with Gasteiger partial charge in [-0.3, -0.25) is 5.32 Å². The van der Waals surface area contributed by atoms with E-state index in [9.17, 15) is 9.90 Å². The highest BCUT2D eigenvalue weighted by Crippen LogP contribution is 2.16. The first kappa shape index (κ1) is 13.5. The lowest BCUT2D eigenvalue weighted by atomic mass is 10.1. The largest absolute Gasteiger partial charge is 0.444 e. The van der Waals surface area contributed by atoms with Gasteiger partial charge in [0.05, 0.1) is 6.10 Å². The van der Waals surface area contributed by atoms with E-state index >= 15 is 0 Å². The number of nitrogens with one attached hydrogen (secondary N) is 1. The van der Waals surface area contributed by atoms with Crippen LogP contribution in [-0.2, 0) is 4.74 Å². The van der Waals surface area contributed by atoms with Gasteiger partial charge in [0.25, 0.3) is 0 Å². The zero-order valence-electron chi connectivity index (χ0n) is 10.7. The van der Waals surface area contributed by atoms with Crippen molar-refractivity contribution in [1.29, 1.82) is 0 Å². The minimum absolute atomic E-state index is 0.484. The Bertz CT molecular complexity index is 377. The molecular formula is C13H19NO3. The Kier molecular flexibility index (Phi) is 4.12. The number of carbonyl (C=O) groups is 1. The van der Waals surface area contributed by atoms with Crippen molar-refractivity contribution < 1.29 is 14.6 Å². The highest BCUT2D eigenvalue weighted by Gasteiger charge is 2.16. The molecule has 0 aliphatic heterocycles. The zero-order valence-corrected chi connectivity index (χ0v) is 10.7. The van der Waals surface area contributed by atoms with Crippen LogP contribution in [0.25, 0.3) is 0 Å². The third-order valence-electron chi connectivity index (χ3n) is 2.04. The molecule has 0 saturated heterocycles. The minimum atomic E-state index is -0.510. The van der Waals surface area contributed by atoms with Crippen LogP contribution >= 0.6 is 0 Å². The van der Waals surface area contributed by atoms with Crippen molar-refractivity contribution in [2.45, 2.75) is 39.4 Å². The second-order valence-electron chi connectivity index (χ2n) is 4.92. The Morgan fingerprint density at radius 2 is 1.82 bits per heavy atom. The summed E-state index contributed by atoms with van der Waals surface area (Å²) >= 11 is 0. The molecule has 1 rings (SSSR count). The molecule has 0 unspecified atom stereocenters. The van der Waals surface area contributed by atoms with E-state index in [1.807, 2.05) is 20.8 Å². The molecule has 0 aliphatic carbocycles. The number of carbonyl (C=O) groups excluding carboxylic acids is 1. The molecule has 4 nitrogen and oxygen atoms in total. The molecule has 0 fully saturated rings. The number of benzene rings is 1. The fourth-order valence-corrected chi connectivity index (χ4v) is 1.27. The summed E-state index contributed by atoms with van der Waals surface area (Å²) in [6.45, 7) is 7.12. The maximum absolute atomic E-state index is 11.5. The number of ether oxygens (including phenoxy) is 1. The summed E-state index contributed by atoms with van der Waals surface area (Å²) in [6, 6.07) is 6.98. The first-order chi connectivity index (χ1) is 7.78. The third-order valence-corrected chi connectivity index (χ3v) is 2.04. The Balaban J connectivity index is 2.61. The zero-order chi connectivity index (χ0) is 13.1. The van der Waals surface area contributed by atoms with Gasteiger partial charge in [0, 0.05) is 5.69 Å². The summed E-state index contributed by atoms with van der Waals surface area (Å²) in [5, 5.41) is 12.0. The van der Waals surface area contributed by atoms with Crippen LogP contribution in [0, 0.1) is 0 Å². The predicted molar refractivity (Wildman–Crippen MR) is 66.9 cm³/mol. The lowest BCUT2D eigenvalue weighted by molar-refractivity contribution is 0.0636. The molecule has 2 N–H and O–H groups in total. The number of anilines is 1. The highest BCUT2D eigenvalue weighted by atomic mass is 16.6. The monoisotopic (exact) mass is 237 g/mol. The fraction of sp³-hybridized carbons (Fsp3) is 0.462. The molecular weight excluding hydrogens is 218 g/mol. The highest BCUT2D eigenvalue weighted by molar-refractivity contribution is 5.84. The van der Waals surface area contributed by atoms with Crippen molar-refractivity contribution in [3.63, 3.8) is 0 Å². The number of rotatable bonds is 2. The predicted octanol–water partition coefficient (Wildman–Crippen LogP) is 3.09. The van der Waals surface area contributed by atoms with Crippen LogP contribution in [0.5, 0.6) is 0 Å². The maximum Gasteiger partial charge on any atom is 0.412 e. The molecule has 17 heavy (non-hydrogen) atoms. The number of aliphatic hydroxyl groups excluding tert-OH is 1. The van der Waals surface area contributed by atoms with Crippen molar-refractivity contribution in [2.75, 3.05) is 5.32 Å². The summed E-state index contributed by atoms with van der Waals surface area (Å²) in [5.41, 5.74) is 0.937. The maximum atomic E-state index is 11.5. The van der Waals surface area contributed by atoms with E-state index in [4.69, 9.17) is 4.74 Å². The molecule has 94 valence electrons. The normalized spacial score (nSPS) is 13.0. The van der Waals surface area contributed by atoms with Gasteiger partial charge in [-0.25, -0.2) is 4.79 Å². The topological polar surface area (TPSA) is 58.6 Å². The third kappa shape index (κ3) is 4.87. The summed E-state index contributed by atoms with van der Waals surface area (Å²) in [5.74, 6) is 0. The summed E-state index contributed by atoms with van der Waals surface area (Å²) < 4.78 is 5.12. The summed E-state index contributed by atoms with van der Waals surface area (Å²) in [4.78, 5) is 11.5. The number of hydrogen-bond acceptors (Lipinski definition) is 3. The van der Waals surface area contributed by atoms with Gasteiger partial charge < -0.3 is 9.84 Å². The average molecular weight is 237 g/mol. The Morgan fingerprint density at radius 3 is 2.24 bits per heavy atom. The van der Waals surface area contributed by atoms with Crippen LogP contribution in [-0.4, -0.2) is 16.8 Å². The van der Waals surface area contributed by atoms with E-state index in [1.54, 1.807) is 31.2 Å². The van der Waals surface area contributed by atoms with Crippen molar-refractivity contribution in [1.82, 2.24) is 0 Å². The second kappa shape index (κ2) is 5.19. The lowest BCUT2D eigenvalue weighted by Gasteiger charge is -2.19. The molecule has 1 aromatic carbocycles. The van der Waals surface area contributed by atoms with Crippen LogP contribution in [0.1, 0.15) is 39.4 Å². The van der Waals surface area contributed by atoms with Gasteiger partial charge in [-0.1, -0.05) is 12.1 Å². The molecule has 0 aliphatic rings. The Morgan fingerprint density at radius 1 is 1.29 bits per heavy atom. The molecule has 0 radical (unpaired) electrons. The van der Waals surface area contributed by atoms with Crippen molar-refractivity contribution >= 4 is 11.8 Å². The van der Waals surface area contributed by atoms with Crippen LogP contribution in [0.15, 0.2) is 24.3 Å². The summed E-state index contributed by atoms with van der Waals surface area (Å²) in [7, 11) is 0. The molecule has 1 aromatic rings. The molecule has 0 bridgehead atoms. The van der Waals surface area contributed by atoms with Gasteiger partial charge in [-0.2, -0.15) is 0 Å². The molecule has 0 spiro atoms. The molecule has 0 aromatic heterocycles. The van der Waals surface area contributed by atoms with Crippen LogP contribution in [0.4, 0.5) is 10.5 Å². The first-order valence-corrected chi connectivity index (χ1v) is 5.56. The van der Waals surface area contributed by atoms with Crippen LogP contribution in [0.3, 0.4) is 0 Å². The molecule has 1 atom stereocenters. The molecule has 4 heteroatoms. The van der Waals surface area contributed by atoms with Gasteiger partial charge in [0.2, 0.25) is 0 Å². The van der Waals surface area contributed by atoms with E-state index in [0.29, 0.717) is 5.69 Å². The molecule has 1 amide bonds. The van der Waals surface area contributed by atoms with Crippen LogP contribution in [0.2, 0.25) is 0 Å². The number of hydrogen-bond donors (Lipinski definition) is 2. The lowest BCUT2D eigenvalue weighted by Crippen LogP contribution is -2.27. The molecule has 0 saturated carbocycles. The number of amides is 1. The van der Waals surface area contributed by atoms with Gasteiger partial charge in [-0.15, -0.1) is 0 Å². The van der Waals surface area contributed by atoms with Crippen molar-refractivity contribution in [3.05, 3.63) is 29.8 Å². The fourth-order valence-electron chi connectivity index (χ4n) is 1.27. The molecule has 0 heterocycles. The summed E-state index contributed by atoms with van der Waals surface area (Å²) in [6.07, 6.45) is -0.993. The quantitative estimate of drug-likeness (QED) is 0.831. The smallest absolute Gasteiger partial charge is 0.412 e. The van der Waals surface area contributed by atoms with Gasteiger partial charge in [0.15, 0.2) is 0 Å².